The highest BCUT2D eigenvalue weighted by Crippen LogP contribution is 2.34. The lowest BCUT2D eigenvalue weighted by molar-refractivity contribution is 0.0962. The first-order valence-electron chi connectivity index (χ1n) is 8.76. The van der Waals surface area contributed by atoms with Gasteiger partial charge in [-0.2, -0.15) is 0 Å². The van der Waals surface area contributed by atoms with Crippen molar-refractivity contribution < 1.29 is 14.3 Å². The Morgan fingerprint density at radius 1 is 1.29 bits per heavy atom. The van der Waals surface area contributed by atoms with Gasteiger partial charge in [0.15, 0.2) is 12.0 Å². The van der Waals surface area contributed by atoms with E-state index in [2.05, 4.69) is 10.3 Å². The Kier molecular flexibility index (Phi) is 7.52. The molecule has 28 heavy (non-hydrogen) atoms. The van der Waals surface area contributed by atoms with Gasteiger partial charge < -0.3 is 10.1 Å². The van der Waals surface area contributed by atoms with Gasteiger partial charge in [-0.1, -0.05) is 23.7 Å². The standard InChI is InChI=1S/C22H23ClN2O3/c1-14(24-3)9-10-28-21-19(13-26)12-18(15(2)20(21)23)11-16-5-7-17(8-6-16)22(27)25-4/h5-10,12-13H,11H2,1-4H3,(H,25,27)/b10-9-,24-14?. The molecule has 0 spiro atoms. The molecule has 0 radical (unpaired) electrons. The summed E-state index contributed by atoms with van der Waals surface area (Å²) >= 11 is 6.48. The van der Waals surface area contributed by atoms with Crippen molar-refractivity contribution in [2.75, 3.05) is 14.1 Å². The number of ether oxygens (including phenoxy) is 1. The smallest absolute Gasteiger partial charge is 0.251 e. The number of aliphatic imine (C=N–C) groups is 1. The van der Waals surface area contributed by atoms with Gasteiger partial charge in [0, 0.05) is 25.4 Å². The molecule has 0 bridgehead atoms. The Labute approximate surface area is 170 Å². The summed E-state index contributed by atoms with van der Waals surface area (Å²) < 4.78 is 5.60. The normalized spacial score (nSPS) is 11.5. The zero-order valence-electron chi connectivity index (χ0n) is 16.4. The van der Waals surface area contributed by atoms with E-state index in [4.69, 9.17) is 16.3 Å². The lowest BCUT2D eigenvalue weighted by Crippen LogP contribution is -2.17. The zero-order valence-corrected chi connectivity index (χ0v) is 17.1. The van der Waals surface area contributed by atoms with E-state index in [9.17, 15) is 9.59 Å². The monoisotopic (exact) mass is 398 g/mol. The second-order valence-corrected chi connectivity index (χ2v) is 6.63. The largest absolute Gasteiger partial charge is 0.463 e. The minimum absolute atomic E-state index is 0.132. The molecular weight excluding hydrogens is 376 g/mol. The quantitative estimate of drug-likeness (QED) is 0.427. The topological polar surface area (TPSA) is 67.8 Å². The fourth-order valence-corrected chi connectivity index (χ4v) is 2.88. The Hall–Kier alpha value is -2.92. The van der Waals surface area contributed by atoms with Crippen molar-refractivity contribution in [3.63, 3.8) is 0 Å². The molecule has 1 N–H and O–H groups in total. The molecule has 2 aromatic carbocycles. The molecular formula is C22H23ClN2O3. The van der Waals surface area contributed by atoms with Crippen LogP contribution >= 0.6 is 11.6 Å². The van der Waals surface area contributed by atoms with Crippen LogP contribution < -0.4 is 10.1 Å². The van der Waals surface area contributed by atoms with E-state index in [1.807, 2.05) is 26.0 Å². The summed E-state index contributed by atoms with van der Waals surface area (Å²) in [5, 5.41) is 2.99. The fourth-order valence-electron chi connectivity index (χ4n) is 2.60. The molecule has 146 valence electrons. The first kappa shape index (κ1) is 21.4. The Morgan fingerprint density at radius 3 is 2.54 bits per heavy atom. The average molecular weight is 399 g/mol. The van der Waals surface area contributed by atoms with Gasteiger partial charge in [-0.15, -0.1) is 0 Å². The van der Waals surface area contributed by atoms with Crippen molar-refractivity contribution >= 4 is 29.5 Å². The number of nitrogens with one attached hydrogen (secondary N) is 1. The number of allylic oxidation sites excluding steroid dienone is 1. The molecule has 0 saturated carbocycles. The third kappa shape index (κ3) is 5.08. The molecule has 0 aliphatic heterocycles. The highest BCUT2D eigenvalue weighted by atomic mass is 35.5. The van der Waals surface area contributed by atoms with Crippen LogP contribution in [0.15, 0.2) is 47.7 Å². The Bertz CT molecular complexity index is 932. The summed E-state index contributed by atoms with van der Waals surface area (Å²) in [7, 11) is 3.28. The summed E-state index contributed by atoms with van der Waals surface area (Å²) in [4.78, 5) is 27.2. The van der Waals surface area contributed by atoms with Crippen LogP contribution in [0.5, 0.6) is 5.75 Å². The minimum atomic E-state index is -0.132. The third-order valence-electron chi connectivity index (χ3n) is 4.41. The van der Waals surface area contributed by atoms with Crippen molar-refractivity contribution in [1.82, 2.24) is 5.32 Å². The van der Waals surface area contributed by atoms with Crippen molar-refractivity contribution in [3.05, 3.63) is 75.5 Å². The molecule has 0 aromatic heterocycles. The van der Waals surface area contributed by atoms with Gasteiger partial charge in [0.1, 0.15) is 0 Å². The lowest BCUT2D eigenvalue weighted by atomic mass is 9.97. The van der Waals surface area contributed by atoms with Crippen LogP contribution in [0.1, 0.15) is 44.3 Å². The van der Waals surface area contributed by atoms with Crippen LogP contribution in [-0.2, 0) is 6.42 Å². The zero-order chi connectivity index (χ0) is 20.7. The highest BCUT2D eigenvalue weighted by molar-refractivity contribution is 6.33. The van der Waals surface area contributed by atoms with Crippen molar-refractivity contribution in [3.8, 4) is 5.75 Å². The van der Waals surface area contributed by atoms with Crippen molar-refractivity contribution in [2.24, 2.45) is 4.99 Å². The predicted molar refractivity (Wildman–Crippen MR) is 113 cm³/mol. The maximum atomic E-state index is 11.7. The first-order valence-corrected chi connectivity index (χ1v) is 9.13. The lowest BCUT2D eigenvalue weighted by Gasteiger charge is -2.14. The van der Waals surface area contributed by atoms with Gasteiger partial charge in [0.25, 0.3) is 5.91 Å². The highest BCUT2D eigenvalue weighted by Gasteiger charge is 2.15. The molecule has 2 rings (SSSR count). The summed E-state index contributed by atoms with van der Waals surface area (Å²) in [5.74, 6) is 0.194. The van der Waals surface area contributed by atoms with Gasteiger partial charge >= 0.3 is 0 Å². The van der Waals surface area contributed by atoms with E-state index in [1.54, 1.807) is 38.4 Å². The maximum absolute atomic E-state index is 11.7. The van der Waals surface area contributed by atoms with Gasteiger partial charge in [0.05, 0.1) is 16.8 Å². The van der Waals surface area contributed by atoms with Crippen LogP contribution in [0.25, 0.3) is 0 Å². The molecule has 0 fully saturated rings. The first-order chi connectivity index (χ1) is 13.4. The number of carbonyl (C=O) groups excluding carboxylic acids is 2. The van der Waals surface area contributed by atoms with Crippen LogP contribution in [0.4, 0.5) is 0 Å². The van der Waals surface area contributed by atoms with E-state index >= 15 is 0 Å². The number of rotatable bonds is 7. The second-order valence-electron chi connectivity index (χ2n) is 6.25. The van der Waals surface area contributed by atoms with E-state index in [0.717, 1.165) is 28.7 Å². The molecule has 0 aliphatic rings. The van der Waals surface area contributed by atoms with Gasteiger partial charge in [-0.25, -0.2) is 0 Å². The summed E-state index contributed by atoms with van der Waals surface area (Å²) in [6, 6.07) is 9.10. The maximum Gasteiger partial charge on any atom is 0.251 e. The number of aldehydes is 1. The molecule has 0 heterocycles. The SMILES string of the molecule is CN=C(C)/C=C\Oc1c(C=O)cc(Cc2ccc(C(=O)NC)cc2)c(C)c1Cl. The van der Waals surface area contributed by atoms with Gasteiger partial charge in [-0.3, -0.25) is 14.6 Å². The van der Waals surface area contributed by atoms with Crippen LogP contribution in [0.2, 0.25) is 5.02 Å². The molecule has 0 unspecified atom stereocenters. The third-order valence-corrected chi connectivity index (χ3v) is 4.87. The Balaban J connectivity index is 2.31. The van der Waals surface area contributed by atoms with Gasteiger partial charge in [-0.05, 0) is 61.2 Å². The van der Waals surface area contributed by atoms with Crippen molar-refractivity contribution in [2.45, 2.75) is 20.3 Å². The molecule has 2 aromatic rings. The van der Waals surface area contributed by atoms with Crippen LogP contribution in [-0.4, -0.2) is 32.0 Å². The number of hydrogen-bond donors (Lipinski definition) is 1. The number of nitrogens with zero attached hydrogens (tertiary/aromatic N) is 1. The van der Waals surface area contributed by atoms with Gasteiger partial charge in [0.2, 0.25) is 0 Å². The molecule has 1 amide bonds. The van der Waals surface area contributed by atoms with Crippen LogP contribution in [0.3, 0.4) is 0 Å². The molecule has 6 heteroatoms. The van der Waals surface area contributed by atoms with E-state index in [-0.39, 0.29) is 5.91 Å². The number of halogens is 1. The average Bonchev–Trinajstić information content (AvgIpc) is 2.72. The summed E-state index contributed by atoms with van der Waals surface area (Å²) in [5.41, 5.74) is 4.53. The van der Waals surface area contributed by atoms with E-state index in [1.165, 1.54) is 6.26 Å². The molecule has 0 atom stereocenters. The second kappa shape index (κ2) is 9.85. The number of amides is 1. The van der Waals surface area contributed by atoms with E-state index < -0.39 is 0 Å². The summed E-state index contributed by atoms with van der Waals surface area (Å²) in [6.45, 7) is 3.73. The van der Waals surface area contributed by atoms with Crippen LogP contribution in [0, 0.1) is 6.92 Å². The minimum Gasteiger partial charge on any atom is -0.463 e. The molecule has 0 saturated heterocycles. The number of hydrogen-bond acceptors (Lipinski definition) is 4. The fraction of sp³-hybridized carbons (Fsp3) is 0.227. The Morgan fingerprint density at radius 2 is 1.96 bits per heavy atom. The summed E-state index contributed by atoms with van der Waals surface area (Å²) in [6.07, 6.45) is 4.47. The van der Waals surface area contributed by atoms with Crippen molar-refractivity contribution in [1.29, 1.82) is 0 Å². The molecule has 0 aliphatic carbocycles. The number of benzene rings is 2. The molecule has 5 nitrogen and oxygen atoms in total. The van der Waals surface area contributed by atoms with E-state index in [0.29, 0.717) is 28.3 Å². The predicted octanol–water partition coefficient (Wildman–Crippen LogP) is 4.39. The number of carbonyl (C=O) groups is 2.